The normalized spacial score (nSPS) is 14.2. The van der Waals surface area contributed by atoms with Gasteiger partial charge in [0.15, 0.2) is 0 Å². The zero-order chi connectivity index (χ0) is 39.3. The van der Waals surface area contributed by atoms with Gasteiger partial charge < -0.3 is 4.90 Å². The molecule has 0 amide bonds. The van der Waals surface area contributed by atoms with E-state index in [0.29, 0.717) is 0 Å². The lowest BCUT2D eigenvalue weighted by molar-refractivity contribution is 0.660. The van der Waals surface area contributed by atoms with Crippen molar-refractivity contribution in [1.82, 2.24) is 0 Å². The molecular weight excluding hydrogens is 711 g/mol. The van der Waals surface area contributed by atoms with E-state index in [0.717, 1.165) is 17.1 Å². The van der Waals surface area contributed by atoms with Gasteiger partial charge in [0.1, 0.15) is 0 Å². The van der Waals surface area contributed by atoms with Gasteiger partial charge in [-0.1, -0.05) is 196 Å². The fourth-order valence-electron chi connectivity index (χ4n) is 10.9. The maximum Gasteiger partial charge on any atom is 0.0725 e. The van der Waals surface area contributed by atoms with Crippen LogP contribution in [0.25, 0.3) is 55.6 Å². The molecule has 0 saturated carbocycles. The summed E-state index contributed by atoms with van der Waals surface area (Å²) in [4.78, 5) is 2.51. The van der Waals surface area contributed by atoms with Gasteiger partial charge in [-0.3, -0.25) is 0 Å². The molecule has 9 aromatic carbocycles. The van der Waals surface area contributed by atoms with E-state index in [9.17, 15) is 0 Å². The van der Waals surface area contributed by atoms with Gasteiger partial charge in [-0.15, -0.1) is 0 Å². The zero-order valence-corrected chi connectivity index (χ0v) is 33.2. The third-order valence-corrected chi connectivity index (χ3v) is 13.5. The van der Waals surface area contributed by atoms with E-state index in [1.165, 1.54) is 89.0 Å². The maximum atomic E-state index is 2.51. The molecule has 0 unspecified atom stereocenters. The van der Waals surface area contributed by atoms with Crippen molar-refractivity contribution >= 4 is 17.1 Å². The van der Waals surface area contributed by atoms with Gasteiger partial charge in [0.05, 0.1) is 16.8 Å². The van der Waals surface area contributed by atoms with E-state index in [2.05, 4.69) is 231 Å². The minimum absolute atomic E-state index is 0.136. The van der Waals surface area contributed by atoms with Gasteiger partial charge in [0.2, 0.25) is 0 Å². The molecule has 0 N–H and O–H groups in total. The monoisotopic (exact) mass is 751 g/mol. The van der Waals surface area contributed by atoms with Crippen molar-refractivity contribution in [1.29, 1.82) is 0 Å². The van der Waals surface area contributed by atoms with Crippen molar-refractivity contribution in [2.24, 2.45) is 0 Å². The van der Waals surface area contributed by atoms with E-state index in [4.69, 9.17) is 0 Å². The number of hydrogen-bond donors (Lipinski definition) is 0. The summed E-state index contributed by atoms with van der Waals surface area (Å²) >= 11 is 0. The molecule has 278 valence electrons. The molecule has 0 atom stereocenters. The van der Waals surface area contributed by atoms with Gasteiger partial charge >= 0.3 is 0 Å². The van der Waals surface area contributed by atoms with Crippen molar-refractivity contribution in [2.45, 2.75) is 24.7 Å². The molecule has 3 aliphatic rings. The first-order valence-electron chi connectivity index (χ1n) is 20.8. The second kappa shape index (κ2) is 12.6. The summed E-state index contributed by atoms with van der Waals surface area (Å²) in [6.07, 6.45) is 0. The van der Waals surface area contributed by atoms with Crippen LogP contribution in [-0.4, -0.2) is 0 Å². The molecule has 0 heterocycles. The van der Waals surface area contributed by atoms with E-state index in [1.807, 2.05) is 0 Å². The number of benzene rings is 9. The van der Waals surface area contributed by atoms with Crippen molar-refractivity contribution in [3.05, 3.63) is 246 Å². The number of para-hydroxylation sites is 2. The molecule has 1 nitrogen and oxygen atoms in total. The summed E-state index contributed by atoms with van der Waals surface area (Å²) in [5.41, 5.74) is 23.7. The Balaban J connectivity index is 1.11. The van der Waals surface area contributed by atoms with Crippen LogP contribution >= 0.6 is 0 Å². The molecular formula is C58H41N. The molecule has 0 fully saturated rings. The average molecular weight is 752 g/mol. The molecule has 3 aliphatic carbocycles. The first-order chi connectivity index (χ1) is 29.0. The minimum Gasteiger partial charge on any atom is -0.309 e. The predicted molar refractivity (Wildman–Crippen MR) is 246 cm³/mol. The van der Waals surface area contributed by atoms with Gasteiger partial charge in [0, 0.05) is 22.2 Å². The highest BCUT2D eigenvalue weighted by atomic mass is 15.1. The summed E-state index contributed by atoms with van der Waals surface area (Å²) in [6, 6.07) is 79.2. The van der Waals surface area contributed by atoms with Crippen LogP contribution in [0.4, 0.5) is 17.1 Å². The number of hydrogen-bond acceptors (Lipinski definition) is 1. The first kappa shape index (κ1) is 33.9. The van der Waals surface area contributed by atoms with Crippen LogP contribution in [0.15, 0.2) is 212 Å². The largest absolute Gasteiger partial charge is 0.309 e. The van der Waals surface area contributed by atoms with Crippen molar-refractivity contribution in [3.8, 4) is 55.6 Å². The molecule has 0 aromatic heterocycles. The Kier molecular flexibility index (Phi) is 7.26. The van der Waals surface area contributed by atoms with E-state index in [-0.39, 0.29) is 5.41 Å². The first-order valence-corrected chi connectivity index (χ1v) is 20.8. The average Bonchev–Trinajstić information content (AvgIpc) is 3.85. The van der Waals surface area contributed by atoms with Crippen molar-refractivity contribution in [2.75, 3.05) is 4.90 Å². The lowest BCUT2D eigenvalue weighted by atomic mass is 9.70. The Labute approximate surface area is 346 Å². The lowest BCUT2D eigenvalue weighted by Gasteiger charge is -2.32. The molecule has 1 spiro atoms. The molecule has 59 heavy (non-hydrogen) atoms. The van der Waals surface area contributed by atoms with Crippen LogP contribution in [0.1, 0.15) is 47.2 Å². The quantitative estimate of drug-likeness (QED) is 0.169. The second-order valence-corrected chi connectivity index (χ2v) is 16.8. The Bertz CT molecular complexity index is 3090. The molecule has 0 aliphatic heterocycles. The summed E-state index contributed by atoms with van der Waals surface area (Å²) in [5.74, 6) is 0. The Morgan fingerprint density at radius 1 is 0.288 bits per heavy atom. The second-order valence-electron chi connectivity index (χ2n) is 16.8. The van der Waals surface area contributed by atoms with E-state index >= 15 is 0 Å². The van der Waals surface area contributed by atoms with Crippen LogP contribution in [0, 0.1) is 0 Å². The highest BCUT2D eigenvalue weighted by Crippen LogP contribution is 2.63. The third-order valence-electron chi connectivity index (χ3n) is 13.5. The third kappa shape index (κ3) is 4.67. The number of nitrogens with zero attached hydrogens (tertiary/aromatic N) is 1. The molecule has 0 saturated heterocycles. The molecule has 0 radical (unpaired) electrons. The summed E-state index contributed by atoms with van der Waals surface area (Å²) in [7, 11) is 0. The molecule has 0 bridgehead atoms. The summed E-state index contributed by atoms with van der Waals surface area (Å²) in [5, 5.41) is 0. The van der Waals surface area contributed by atoms with Gasteiger partial charge in [-0.25, -0.2) is 0 Å². The van der Waals surface area contributed by atoms with E-state index in [1.54, 1.807) is 0 Å². The number of anilines is 3. The topological polar surface area (TPSA) is 3.24 Å². The standard InChI is InChI=1S/C58H41N/c1-57(2)49-26-12-6-22-43(49)47-35-33-40(37-53(47)57)59(55-30-16-10-20-41(55)38-18-4-3-5-19-38)56-31-17-11-21-42(56)39-32-34-48-46-25-9-15-29-52(46)58(54(48)36-39)50-27-13-7-23-44(50)45-24-8-14-28-51(45)58/h3-37H,1-2H3. The molecule has 9 aromatic rings. The highest BCUT2D eigenvalue weighted by Gasteiger charge is 2.51. The molecule has 12 rings (SSSR count). The maximum absolute atomic E-state index is 2.51. The smallest absolute Gasteiger partial charge is 0.0725 e. The minimum atomic E-state index is -0.412. The van der Waals surface area contributed by atoms with Gasteiger partial charge in [-0.2, -0.15) is 0 Å². The van der Waals surface area contributed by atoms with Crippen molar-refractivity contribution in [3.63, 3.8) is 0 Å². The summed E-state index contributed by atoms with van der Waals surface area (Å²) < 4.78 is 0. The van der Waals surface area contributed by atoms with Crippen LogP contribution in [0.2, 0.25) is 0 Å². The lowest BCUT2D eigenvalue weighted by Crippen LogP contribution is -2.25. The van der Waals surface area contributed by atoms with Crippen LogP contribution in [0.3, 0.4) is 0 Å². The molecule has 1 heteroatoms. The van der Waals surface area contributed by atoms with Crippen LogP contribution in [-0.2, 0) is 10.8 Å². The summed E-state index contributed by atoms with van der Waals surface area (Å²) in [6.45, 7) is 4.74. The number of rotatable bonds is 5. The Morgan fingerprint density at radius 2 is 0.695 bits per heavy atom. The fraction of sp³-hybridized carbons (Fsp3) is 0.0690. The van der Waals surface area contributed by atoms with Gasteiger partial charge in [0.25, 0.3) is 0 Å². The highest BCUT2D eigenvalue weighted by molar-refractivity contribution is 5.99. The fourth-order valence-corrected chi connectivity index (χ4v) is 10.9. The zero-order valence-electron chi connectivity index (χ0n) is 33.2. The predicted octanol–water partition coefficient (Wildman–Crippen LogP) is 15.1. The van der Waals surface area contributed by atoms with Crippen LogP contribution < -0.4 is 4.90 Å². The SMILES string of the molecule is CC1(C)c2ccccc2-c2ccc(N(c3ccccc3-c3ccccc3)c3ccccc3-c3ccc4c(c3)C3(c5ccccc5-c5ccccc53)c3ccccc3-4)cc21. The van der Waals surface area contributed by atoms with Gasteiger partial charge in [-0.05, 0) is 108 Å². The van der Waals surface area contributed by atoms with Crippen LogP contribution in [0.5, 0.6) is 0 Å². The number of fused-ring (bicyclic) bond motifs is 13. The Morgan fingerprint density at radius 3 is 1.27 bits per heavy atom. The van der Waals surface area contributed by atoms with Crippen molar-refractivity contribution < 1.29 is 0 Å². The Hall–Kier alpha value is -7.22. The van der Waals surface area contributed by atoms with E-state index < -0.39 is 5.41 Å².